The lowest BCUT2D eigenvalue weighted by molar-refractivity contribution is 0.609. The van der Waals surface area contributed by atoms with Crippen molar-refractivity contribution in [2.24, 2.45) is 0 Å². The third kappa shape index (κ3) is 2.68. The standard InChI is InChI=1S/C10H11ClO2S2/c11-15(12,13)10-3-1-8(2-4-10)9-5-6-14-7-9/h1-4,9H,5-7H2. The molecule has 2 rings (SSSR count). The topological polar surface area (TPSA) is 34.1 Å². The van der Waals surface area contributed by atoms with Crippen LogP contribution in [0.3, 0.4) is 0 Å². The second kappa shape index (κ2) is 4.36. The molecule has 0 spiro atoms. The molecule has 1 saturated heterocycles. The zero-order chi connectivity index (χ0) is 10.9. The molecule has 1 aliphatic rings. The minimum Gasteiger partial charge on any atom is -0.207 e. The molecule has 1 unspecified atom stereocenters. The van der Waals surface area contributed by atoms with Gasteiger partial charge in [-0.05, 0) is 35.8 Å². The van der Waals surface area contributed by atoms with E-state index in [9.17, 15) is 8.42 Å². The van der Waals surface area contributed by atoms with Crippen molar-refractivity contribution in [3.8, 4) is 0 Å². The summed E-state index contributed by atoms with van der Waals surface area (Å²) in [6, 6.07) is 6.90. The molecule has 1 atom stereocenters. The van der Waals surface area contributed by atoms with Gasteiger partial charge in [0.2, 0.25) is 0 Å². The van der Waals surface area contributed by atoms with Gasteiger partial charge >= 0.3 is 0 Å². The van der Waals surface area contributed by atoms with Gasteiger partial charge < -0.3 is 0 Å². The van der Waals surface area contributed by atoms with Crippen LogP contribution in [-0.4, -0.2) is 19.9 Å². The van der Waals surface area contributed by atoms with E-state index in [0.29, 0.717) is 5.92 Å². The number of halogens is 1. The van der Waals surface area contributed by atoms with Gasteiger partial charge in [0, 0.05) is 16.4 Å². The van der Waals surface area contributed by atoms with Gasteiger partial charge in [-0.15, -0.1) is 0 Å². The third-order valence-electron chi connectivity index (χ3n) is 2.56. The molecular formula is C10H11ClO2S2. The van der Waals surface area contributed by atoms with Crippen LogP contribution < -0.4 is 0 Å². The van der Waals surface area contributed by atoms with Crippen LogP contribution in [0.5, 0.6) is 0 Å². The summed E-state index contributed by atoms with van der Waals surface area (Å²) in [5, 5.41) is 0. The van der Waals surface area contributed by atoms with E-state index in [1.54, 1.807) is 12.1 Å². The summed E-state index contributed by atoms with van der Waals surface area (Å²) in [5.41, 5.74) is 1.21. The van der Waals surface area contributed by atoms with E-state index in [1.807, 2.05) is 23.9 Å². The van der Waals surface area contributed by atoms with Crippen LogP contribution in [0.1, 0.15) is 17.9 Å². The largest absolute Gasteiger partial charge is 0.261 e. The van der Waals surface area contributed by atoms with Crippen molar-refractivity contribution in [2.45, 2.75) is 17.2 Å². The molecule has 1 aromatic rings. The smallest absolute Gasteiger partial charge is 0.207 e. The quantitative estimate of drug-likeness (QED) is 0.769. The molecule has 0 radical (unpaired) electrons. The van der Waals surface area contributed by atoms with Crippen molar-refractivity contribution < 1.29 is 8.42 Å². The predicted molar refractivity (Wildman–Crippen MR) is 64.2 cm³/mol. The molecule has 0 aromatic heterocycles. The normalized spacial score (nSPS) is 21.8. The van der Waals surface area contributed by atoms with E-state index < -0.39 is 9.05 Å². The molecule has 0 N–H and O–H groups in total. The Labute approximate surface area is 98.4 Å². The van der Waals surface area contributed by atoms with Gasteiger partial charge in [0.1, 0.15) is 0 Å². The predicted octanol–water partition coefficient (Wildman–Crippen LogP) is 2.83. The molecule has 0 aliphatic carbocycles. The average Bonchev–Trinajstić information content (AvgIpc) is 2.69. The van der Waals surface area contributed by atoms with Gasteiger partial charge in [-0.25, -0.2) is 8.42 Å². The Bertz CT molecular complexity index is 433. The molecule has 0 saturated carbocycles. The monoisotopic (exact) mass is 262 g/mol. The Morgan fingerprint density at radius 3 is 2.40 bits per heavy atom. The molecular weight excluding hydrogens is 252 g/mol. The minimum absolute atomic E-state index is 0.179. The minimum atomic E-state index is -3.58. The zero-order valence-electron chi connectivity index (χ0n) is 8.02. The van der Waals surface area contributed by atoms with Gasteiger partial charge in [-0.3, -0.25) is 0 Å². The van der Waals surface area contributed by atoms with E-state index in [1.165, 1.54) is 17.7 Å². The molecule has 2 nitrogen and oxygen atoms in total. The lowest BCUT2D eigenvalue weighted by atomic mass is 9.99. The fraction of sp³-hybridized carbons (Fsp3) is 0.400. The summed E-state index contributed by atoms with van der Waals surface area (Å²) in [5.74, 6) is 2.90. The molecule has 0 bridgehead atoms. The van der Waals surface area contributed by atoms with Gasteiger partial charge in [-0.2, -0.15) is 11.8 Å². The summed E-state index contributed by atoms with van der Waals surface area (Å²) >= 11 is 1.94. The molecule has 0 amide bonds. The van der Waals surface area contributed by atoms with E-state index >= 15 is 0 Å². The van der Waals surface area contributed by atoms with Crippen LogP contribution in [0, 0.1) is 0 Å². The molecule has 1 fully saturated rings. The van der Waals surface area contributed by atoms with E-state index in [4.69, 9.17) is 10.7 Å². The van der Waals surface area contributed by atoms with Crippen molar-refractivity contribution >= 4 is 31.5 Å². The highest BCUT2D eigenvalue weighted by molar-refractivity contribution is 8.13. The Morgan fingerprint density at radius 2 is 1.93 bits per heavy atom. The maximum absolute atomic E-state index is 11.0. The second-order valence-corrected chi connectivity index (χ2v) is 7.28. The second-order valence-electron chi connectivity index (χ2n) is 3.57. The van der Waals surface area contributed by atoms with Crippen molar-refractivity contribution in [3.05, 3.63) is 29.8 Å². The number of hydrogen-bond donors (Lipinski definition) is 0. The summed E-state index contributed by atoms with van der Waals surface area (Å²) in [6.45, 7) is 0. The van der Waals surface area contributed by atoms with Crippen LogP contribution in [0.15, 0.2) is 29.2 Å². The first-order valence-corrected chi connectivity index (χ1v) is 8.16. The van der Waals surface area contributed by atoms with Crippen LogP contribution in [-0.2, 0) is 9.05 Å². The van der Waals surface area contributed by atoms with Crippen LogP contribution in [0.2, 0.25) is 0 Å². The van der Waals surface area contributed by atoms with E-state index in [-0.39, 0.29) is 4.90 Å². The van der Waals surface area contributed by atoms with Crippen molar-refractivity contribution in [1.29, 1.82) is 0 Å². The van der Waals surface area contributed by atoms with Gasteiger partial charge in [0.15, 0.2) is 0 Å². The number of thioether (sulfide) groups is 1. The Kier molecular flexibility index (Phi) is 3.28. The van der Waals surface area contributed by atoms with Gasteiger partial charge in [0.25, 0.3) is 9.05 Å². The molecule has 82 valence electrons. The van der Waals surface area contributed by atoms with E-state index in [0.717, 1.165) is 5.75 Å². The first-order chi connectivity index (χ1) is 7.07. The highest BCUT2D eigenvalue weighted by atomic mass is 35.7. The third-order valence-corrected chi connectivity index (χ3v) is 5.09. The van der Waals surface area contributed by atoms with Crippen LogP contribution in [0.4, 0.5) is 0 Å². The fourth-order valence-electron chi connectivity index (χ4n) is 1.70. The van der Waals surface area contributed by atoms with Gasteiger partial charge in [-0.1, -0.05) is 12.1 Å². The summed E-state index contributed by atoms with van der Waals surface area (Å²) < 4.78 is 22.1. The summed E-state index contributed by atoms with van der Waals surface area (Å²) in [4.78, 5) is 0.179. The number of rotatable bonds is 2. The maximum atomic E-state index is 11.0. The van der Waals surface area contributed by atoms with Crippen molar-refractivity contribution in [2.75, 3.05) is 11.5 Å². The van der Waals surface area contributed by atoms with Gasteiger partial charge in [0.05, 0.1) is 4.90 Å². The van der Waals surface area contributed by atoms with E-state index in [2.05, 4.69) is 0 Å². The Balaban J connectivity index is 2.24. The Morgan fingerprint density at radius 1 is 1.27 bits per heavy atom. The number of benzene rings is 1. The van der Waals surface area contributed by atoms with Crippen LogP contribution in [0.25, 0.3) is 0 Å². The zero-order valence-corrected chi connectivity index (χ0v) is 10.4. The lowest BCUT2D eigenvalue weighted by Gasteiger charge is -2.08. The summed E-state index contributed by atoms with van der Waals surface area (Å²) in [7, 11) is 1.66. The van der Waals surface area contributed by atoms with Crippen molar-refractivity contribution in [1.82, 2.24) is 0 Å². The average molecular weight is 263 g/mol. The number of hydrogen-bond acceptors (Lipinski definition) is 3. The summed E-state index contributed by atoms with van der Waals surface area (Å²) in [6.07, 6.45) is 1.18. The lowest BCUT2D eigenvalue weighted by Crippen LogP contribution is -1.97. The highest BCUT2D eigenvalue weighted by Gasteiger charge is 2.18. The first-order valence-electron chi connectivity index (χ1n) is 4.70. The molecule has 1 aliphatic heterocycles. The first kappa shape index (κ1) is 11.3. The van der Waals surface area contributed by atoms with Crippen LogP contribution >= 0.6 is 22.4 Å². The maximum Gasteiger partial charge on any atom is 0.261 e. The fourth-order valence-corrected chi connectivity index (χ4v) is 3.73. The molecule has 1 heterocycles. The SMILES string of the molecule is O=S(=O)(Cl)c1ccc(C2CCSC2)cc1. The molecule has 15 heavy (non-hydrogen) atoms. The molecule has 1 aromatic carbocycles. The Hall–Kier alpha value is -0.190. The molecule has 5 heteroatoms. The van der Waals surface area contributed by atoms with Crippen molar-refractivity contribution in [3.63, 3.8) is 0 Å². The highest BCUT2D eigenvalue weighted by Crippen LogP contribution is 2.32.